The third-order valence-electron chi connectivity index (χ3n) is 6.88. The molecule has 1 aliphatic heterocycles. The summed E-state index contributed by atoms with van der Waals surface area (Å²) in [4.78, 5) is 9.17. The Kier molecular flexibility index (Phi) is 7.65. The summed E-state index contributed by atoms with van der Waals surface area (Å²) >= 11 is 0. The van der Waals surface area contributed by atoms with E-state index in [-0.39, 0.29) is 5.41 Å². The third-order valence-corrected chi connectivity index (χ3v) is 8.82. The van der Waals surface area contributed by atoms with Gasteiger partial charge in [-0.2, -0.15) is 17.0 Å². The van der Waals surface area contributed by atoms with Crippen molar-refractivity contribution in [3.8, 4) is 11.5 Å². The molecule has 3 N–H and O–H groups in total. The Balaban J connectivity index is 1.53. The number of anilines is 1. The Morgan fingerprint density at radius 2 is 1.69 bits per heavy atom. The number of benzene rings is 2. The van der Waals surface area contributed by atoms with Gasteiger partial charge in [0.2, 0.25) is 0 Å². The number of methoxy groups -OCH3 is 2. The highest BCUT2D eigenvalue weighted by Crippen LogP contribution is 2.36. The van der Waals surface area contributed by atoms with Gasteiger partial charge in [0, 0.05) is 50.6 Å². The average molecular weight is 515 g/mol. The van der Waals surface area contributed by atoms with Gasteiger partial charge in [0.15, 0.2) is 11.5 Å². The van der Waals surface area contributed by atoms with Gasteiger partial charge in [-0.3, -0.25) is 0 Å². The number of aromatic nitrogens is 2. The lowest BCUT2D eigenvalue weighted by Gasteiger charge is -2.42. The van der Waals surface area contributed by atoms with Crippen LogP contribution >= 0.6 is 0 Å². The zero-order valence-corrected chi connectivity index (χ0v) is 22.0. The first kappa shape index (κ1) is 26.1. The second-order valence-corrected chi connectivity index (χ2v) is 11.3. The zero-order chi connectivity index (χ0) is 25.9. The smallest absolute Gasteiger partial charge is 0.281 e. The summed E-state index contributed by atoms with van der Waals surface area (Å²) in [6, 6.07) is 13.8. The van der Waals surface area contributed by atoms with Crippen molar-refractivity contribution in [2.24, 2.45) is 0 Å². The highest BCUT2D eigenvalue weighted by molar-refractivity contribution is 7.86. The van der Waals surface area contributed by atoms with Gasteiger partial charge in [-0.15, -0.1) is 0 Å². The van der Waals surface area contributed by atoms with Crippen LogP contribution in [-0.2, 0) is 22.2 Å². The molecule has 2 heterocycles. The van der Waals surface area contributed by atoms with Crippen molar-refractivity contribution < 1.29 is 17.9 Å². The van der Waals surface area contributed by atoms with Crippen molar-refractivity contribution in [3.05, 3.63) is 53.9 Å². The van der Waals surface area contributed by atoms with E-state index in [1.165, 1.54) is 9.87 Å². The Labute approximate surface area is 212 Å². The first-order valence-electron chi connectivity index (χ1n) is 11.8. The zero-order valence-electron chi connectivity index (χ0n) is 21.2. The molecular weight excluding hydrogens is 480 g/mol. The van der Waals surface area contributed by atoms with Gasteiger partial charge in [0.05, 0.1) is 26.3 Å². The summed E-state index contributed by atoms with van der Waals surface area (Å²) in [5.74, 6) is 2.09. The summed E-state index contributed by atoms with van der Waals surface area (Å²) < 4.78 is 38.9. The Bertz CT molecular complexity index is 1310. The van der Waals surface area contributed by atoms with Crippen LogP contribution in [0.1, 0.15) is 24.2 Å². The molecule has 4 rings (SSSR count). The highest BCUT2D eigenvalue weighted by atomic mass is 32.2. The Morgan fingerprint density at radius 3 is 2.31 bits per heavy atom. The number of fused-ring (bicyclic) bond motifs is 1. The molecule has 0 aliphatic carbocycles. The largest absolute Gasteiger partial charge is 0.493 e. The predicted molar refractivity (Wildman–Crippen MR) is 140 cm³/mol. The van der Waals surface area contributed by atoms with Crippen LogP contribution in [0.5, 0.6) is 11.5 Å². The highest BCUT2D eigenvalue weighted by Gasteiger charge is 2.39. The number of nitrogens with zero attached hydrogens (tertiary/aromatic N) is 4. The fourth-order valence-electron chi connectivity index (χ4n) is 4.76. The first-order chi connectivity index (χ1) is 17.2. The quantitative estimate of drug-likeness (QED) is 0.445. The van der Waals surface area contributed by atoms with Crippen molar-refractivity contribution >= 4 is 26.9 Å². The number of hydrogen-bond acceptors (Lipinski definition) is 8. The van der Waals surface area contributed by atoms with Crippen LogP contribution < -0.4 is 20.5 Å². The van der Waals surface area contributed by atoms with Crippen LogP contribution in [0.3, 0.4) is 0 Å². The van der Waals surface area contributed by atoms with Gasteiger partial charge >= 0.3 is 0 Å². The lowest BCUT2D eigenvalue weighted by Crippen LogP contribution is -2.51. The number of rotatable bonds is 9. The summed E-state index contributed by atoms with van der Waals surface area (Å²) in [7, 11) is 2.84. The van der Waals surface area contributed by atoms with Crippen molar-refractivity contribution in [2.45, 2.75) is 24.8 Å². The van der Waals surface area contributed by atoms with Crippen LogP contribution in [0.2, 0.25) is 0 Å². The van der Waals surface area contributed by atoms with E-state index in [1.54, 1.807) is 44.8 Å². The molecule has 0 unspecified atom stereocenters. The maximum atomic E-state index is 12.6. The van der Waals surface area contributed by atoms with E-state index in [1.807, 2.05) is 18.2 Å². The number of nitrogens with two attached hydrogens (primary N) is 1. The number of nitrogens with one attached hydrogen (secondary N) is 1. The third kappa shape index (κ3) is 5.10. The number of piperidine rings is 1. The number of hydrogen-bond donors (Lipinski definition) is 2. The topological polar surface area (TPSA) is 123 Å². The molecule has 11 heteroatoms. The SMILES string of the molecule is COc1cc2nc(CNCC3(c4ccccc4)CCN(S(=O)(=O)N(C)C)CC3)nc(N)c2cc1OC. The van der Waals surface area contributed by atoms with Crippen LogP contribution in [0.4, 0.5) is 5.82 Å². The van der Waals surface area contributed by atoms with Gasteiger partial charge in [0.25, 0.3) is 10.2 Å². The Hall–Kier alpha value is -2.99. The molecule has 0 saturated carbocycles. The van der Waals surface area contributed by atoms with Gasteiger partial charge in [-0.25, -0.2) is 9.97 Å². The molecule has 10 nitrogen and oxygen atoms in total. The second-order valence-electron chi connectivity index (χ2n) is 9.19. The number of ether oxygens (including phenoxy) is 2. The lowest BCUT2D eigenvalue weighted by molar-refractivity contribution is 0.218. The molecule has 1 aliphatic rings. The molecule has 0 atom stereocenters. The maximum absolute atomic E-state index is 12.6. The standard InChI is InChI=1S/C25H34N6O4S/c1-30(2)36(32,33)31-12-10-25(11-13-31,18-8-6-5-7-9-18)17-27-16-23-28-20-15-22(35-4)21(34-3)14-19(20)24(26)29-23/h5-9,14-15,27H,10-13,16-17H2,1-4H3,(H2,26,28,29). The van der Waals surface area contributed by atoms with Crippen LogP contribution in [0.15, 0.2) is 42.5 Å². The average Bonchev–Trinajstić information content (AvgIpc) is 2.88. The van der Waals surface area contributed by atoms with Crippen molar-refractivity contribution in [2.75, 3.05) is 53.7 Å². The van der Waals surface area contributed by atoms with E-state index in [4.69, 9.17) is 15.2 Å². The summed E-state index contributed by atoms with van der Waals surface area (Å²) in [6.45, 7) is 1.99. The minimum atomic E-state index is -3.44. The fourth-order valence-corrected chi connectivity index (χ4v) is 5.86. The van der Waals surface area contributed by atoms with Gasteiger partial charge in [-0.05, 0) is 24.5 Å². The van der Waals surface area contributed by atoms with Crippen LogP contribution in [0.25, 0.3) is 10.9 Å². The van der Waals surface area contributed by atoms with E-state index in [0.29, 0.717) is 73.1 Å². The molecule has 1 aromatic heterocycles. The molecule has 1 fully saturated rings. The van der Waals surface area contributed by atoms with E-state index < -0.39 is 10.2 Å². The van der Waals surface area contributed by atoms with Crippen molar-refractivity contribution in [3.63, 3.8) is 0 Å². The van der Waals surface area contributed by atoms with Crippen molar-refractivity contribution in [1.82, 2.24) is 23.9 Å². The summed E-state index contributed by atoms with van der Waals surface area (Å²) in [5.41, 5.74) is 7.90. The number of nitrogen functional groups attached to an aromatic ring is 1. The molecule has 0 radical (unpaired) electrons. The minimum Gasteiger partial charge on any atom is -0.493 e. The van der Waals surface area contributed by atoms with Crippen LogP contribution in [-0.4, -0.2) is 74.9 Å². The van der Waals surface area contributed by atoms with E-state index in [2.05, 4.69) is 27.4 Å². The fraction of sp³-hybridized carbons (Fsp3) is 0.440. The van der Waals surface area contributed by atoms with Gasteiger partial charge < -0.3 is 20.5 Å². The van der Waals surface area contributed by atoms with E-state index in [9.17, 15) is 8.42 Å². The van der Waals surface area contributed by atoms with E-state index >= 15 is 0 Å². The van der Waals surface area contributed by atoms with Gasteiger partial charge in [0.1, 0.15) is 11.6 Å². The van der Waals surface area contributed by atoms with Gasteiger partial charge in [-0.1, -0.05) is 30.3 Å². The Morgan fingerprint density at radius 1 is 1.06 bits per heavy atom. The molecule has 0 spiro atoms. The molecule has 36 heavy (non-hydrogen) atoms. The summed E-state index contributed by atoms with van der Waals surface area (Å²) in [5, 5.41) is 4.22. The van der Waals surface area contributed by atoms with E-state index in [0.717, 1.165) is 0 Å². The monoisotopic (exact) mass is 514 g/mol. The molecule has 0 bridgehead atoms. The molecule has 1 saturated heterocycles. The minimum absolute atomic E-state index is 0.210. The molecule has 2 aromatic carbocycles. The molecule has 3 aromatic rings. The normalized spacial score (nSPS) is 16.4. The van der Waals surface area contributed by atoms with Crippen molar-refractivity contribution in [1.29, 1.82) is 0 Å². The summed E-state index contributed by atoms with van der Waals surface area (Å²) in [6.07, 6.45) is 1.41. The molecule has 194 valence electrons. The predicted octanol–water partition coefficient (Wildman–Crippen LogP) is 2.16. The lowest BCUT2D eigenvalue weighted by atomic mass is 9.73. The maximum Gasteiger partial charge on any atom is 0.281 e. The first-order valence-corrected chi connectivity index (χ1v) is 13.2. The molecule has 0 amide bonds. The van der Waals surface area contributed by atoms with Crippen LogP contribution in [0, 0.1) is 0 Å². The second kappa shape index (κ2) is 10.6. The molecular formula is C25H34N6O4S.